The lowest BCUT2D eigenvalue weighted by Crippen LogP contribution is -2.41. The third-order valence-electron chi connectivity index (χ3n) is 5.29. The summed E-state index contributed by atoms with van der Waals surface area (Å²) >= 11 is 0. The fourth-order valence-electron chi connectivity index (χ4n) is 3.71. The molecular weight excluding hydrogens is 246 g/mol. The zero-order chi connectivity index (χ0) is 14.7. The second kappa shape index (κ2) is 10.6. The van der Waals surface area contributed by atoms with Crippen molar-refractivity contribution in [3.63, 3.8) is 0 Å². The quantitative estimate of drug-likeness (QED) is 0.447. The number of aliphatic hydroxyl groups is 1. The Labute approximate surface area is 126 Å². The number of unbranched alkanes of at least 4 members (excludes halogenated alkanes) is 6. The topological polar surface area (TPSA) is 46.2 Å². The molecule has 1 saturated carbocycles. The molecule has 20 heavy (non-hydrogen) atoms. The molecule has 0 bridgehead atoms. The van der Waals surface area contributed by atoms with E-state index in [4.69, 9.17) is 5.73 Å². The Morgan fingerprint density at radius 3 is 2.00 bits per heavy atom. The lowest BCUT2D eigenvalue weighted by atomic mass is 9.74. The van der Waals surface area contributed by atoms with Crippen LogP contribution in [0.4, 0.5) is 0 Å². The lowest BCUT2D eigenvalue weighted by Gasteiger charge is -2.36. The summed E-state index contributed by atoms with van der Waals surface area (Å²) in [6.07, 6.45) is 17.5. The maximum atomic E-state index is 10.6. The molecule has 0 spiro atoms. The van der Waals surface area contributed by atoms with E-state index in [9.17, 15) is 5.11 Å². The van der Waals surface area contributed by atoms with Gasteiger partial charge in [-0.3, -0.25) is 0 Å². The zero-order valence-electron chi connectivity index (χ0n) is 13.7. The van der Waals surface area contributed by atoms with E-state index in [-0.39, 0.29) is 11.5 Å². The highest BCUT2D eigenvalue weighted by atomic mass is 16.3. The fourth-order valence-corrected chi connectivity index (χ4v) is 3.71. The minimum atomic E-state index is -0.166. The molecule has 3 N–H and O–H groups in total. The summed E-state index contributed by atoms with van der Waals surface area (Å²) in [5, 5.41) is 10.6. The molecule has 0 aromatic carbocycles. The summed E-state index contributed by atoms with van der Waals surface area (Å²) in [6.45, 7) is 2.93. The molecule has 120 valence electrons. The van der Waals surface area contributed by atoms with E-state index in [2.05, 4.69) is 6.92 Å². The third kappa shape index (κ3) is 6.13. The van der Waals surface area contributed by atoms with Crippen LogP contribution in [0.1, 0.15) is 96.8 Å². The van der Waals surface area contributed by atoms with Crippen LogP contribution in [0.25, 0.3) is 0 Å². The molecule has 2 nitrogen and oxygen atoms in total. The van der Waals surface area contributed by atoms with Gasteiger partial charge >= 0.3 is 0 Å². The molecular formula is C18H37NO. The molecule has 0 heterocycles. The SMILES string of the molecule is CCCCCCCCCC(O)C1(CN)CCCCCC1. The normalized spacial score (nSPS) is 20.6. The zero-order valence-corrected chi connectivity index (χ0v) is 13.7. The van der Waals surface area contributed by atoms with Crippen LogP contribution in [0.15, 0.2) is 0 Å². The monoisotopic (exact) mass is 283 g/mol. The van der Waals surface area contributed by atoms with E-state index < -0.39 is 0 Å². The molecule has 1 fully saturated rings. The van der Waals surface area contributed by atoms with Crippen molar-refractivity contribution in [1.82, 2.24) is 0 Å². The van der Waals surface area contributed by atoms with Crippen LogP contribution < -0.4 is 5.73 Å². The Kier molecular flexibility index (Phi) is 9.54. The first kappa shape index (κ1) is 18.0. The van der Waals surface area contributed by atoms with Crippen molar-refractivity contribution < 1.29 is 5.11 Å². The second-order valence-electron chi connectivity index (χ2n) is 6.91. The predicted octanol–water partition coefficient (Wildman–Crippen LogP) is 4.79. The first-order chi connectivity index (χ1) is 9.75. The molecule has 1 unspecified atom stereocenters. The van der Waals surface area contributed by atoms with Gasteiger partial charge in [-0.25, -0.2) is 0 Å². The van der Waals surface area contributed by atoms with Gasteiger partial charge in [-0.05, 0) is 19.3 Å². The maximum absolute atomic E-state index is 10.6. The minimum Gasteiger partial charge on any atom is -0.393 e. The highest BCUT2D eigenvalue weighted by Gasteiger charge is 2.36. The minimum absolute atomic E-state index is 0.0404. The van der Waals surface area contributed by atoms with E-state index in [0.29, 0.717) is 6.54 Å². The van der Waals surface area contributed by atoms with E-state index in [1.807, 2.05) is 0 Å². The highest BCUT2D eigenvalue weighted by molar-refractivity contribution is 4.89. The van der Waals surface area contributed by atoms with Crippen molar-refractivity contribution >= 4 is 0 Å². The summed E-state index contributed by atoms with van der Waals surface area (Å²) in [5.74, 6) is 0. The first-order valence-electron chi connectivity index (χ1n) is 9.13. The summed E-state index contributed by atoms with van der Waals surface area (Å²) in [4.78, 5) is 0. The fraction of sp³-hybridized carbons (Fsp3) is 1.00. The number of hydrogen-bond acceptors (Lipinski definition) is 2. The number of hydrogen-bond donors (Lipinski definition) is 2. The molecule has 0 aliphatic heterocycles. The predicted molar refractivity (Wildman–Crippen MR) is 87.8 cm³/mol. The van der Waals surface area contributed by atoms with Gasteiger partial charge in [0, 0.05) is 12.0 Å². The molecule has 0 amide bonds. The molecule has 2 heteroatoms. The average Bonchev–Trinajstić information content (AvgIpc) is 2.72. The van der Waals surface area contributed by atoms with Crippen LogP contribution in [0, 0.1) is 5.41 Å². The van der Waals surface area contributed by atoms with Gasteiger partial charge in [0.25, 0.3) is 0 Å². The maximum Gasteiger partial charge on any atom is 0.0608 e. The van der Waals surface area contributed by atoms with Gasteiger partial charge in [-0.1, -0.05) is 77.6 Å². The van der Waals surface area contributed by atoms with Gasteiger partial charge in [0.2, 0.25) is 0 Å². The highest BCUT2D eigenvalue weighted by Crippen LogP contribution is 2.39. The summed E-state index contributed by atoms with van der Waals surface area (Å²) in [6, 6.07) is 0. The van der Waals surface area contributed by atoms with Crippen molar-refractivity contribution in [3.8, 4) is 0 Å². The number of nitrogens with two attached hydrogens (primary N) is 1. The molecule has 0 aromatic heterocycles. The van der Waals surface area contributed by atoms with Gasteiger partial charge < -0.3 is 10.8 Å². The van der Waals surface area contributed by atoms with Crippen molar-refractivity contribution in [1.29, 1.82) is 0 Å². The van der Waals surface area contributed by atoms with Gasteiger partial charge in [0.05, 0.1) is 6.10 Å². The van der Waals surface area contributed by atoms with Gasteiger partial charge in [-0.15, -0.1) is 0 Å². The van der Waals surface area contributed by atoms with E-state index in [0.717, 1.165) is 19.3 Å². The van der Waals surface area contributed by atoms with E-state index >= 15 is 0 Å². The number of aliphatic hydroxyl groups excluding tert-OH is 1. The van der Waals surface area contributed by atoms with Crippen molar-refractivity contribution in [2.24, 2.45) is 11.1 Å². The largest absolute Gasteiger partial charge is 0.393 e. The smallest absolute Gasteiger partial charge is 0.0608 e. The molecule has 0 aromatic rings. The molecule has 1 aliphatic rings. The Hall–Kier alpha value is -0.0800. The third-order valence-corrected chi connectivity index (χ3v) is 5.29. The van der Waals surface area contributed by atoms with E-state index in [1.165, 1.54) is 70.6 Å². The van der Waals surface area contributed by atoms with Crippen molar-refractivity contribution in [2.45, 2.75) is 103 Å². The van der Waals surface area contributed by atoms with Crippen LogP contribution in [-0.2, 0) is 0 Å². The molecule has 0 saturated heterocycles. The summed E-state index contributed by atoms with van der Waals surface area (Å²) < 4.78 is 0. The Morgan fingerprint density at radius 2 is 1.45 bits per heavy atom. The summed E-state index contributed by atoms with van der Waals surface area (Å²) in [5.41, 5.74) is 6.07. The van der Waals surface area contributed by atoms with E-state index in [1.54, 1.807) is 0 Å². The molecule has 1 aliphatic carbocycles. The number of rotatable bonds is 10. The van der Waals surface area contributed by atoms with Crippen LogP contribution >= 0.6 is 0 Å². The van der Waals surface area contributed by atoms with Gasteiger partial charge in [-0.2, -0.15) is 0 Å². The summed E-state index contributed by atoms with van der Waals surface area (Å²) in [7, 11) is 0. The molecule has 1 rings (SSSR count). The average molecular weight is 284 g/mol. The Bertz CT molecular complexity index is 221. The van der Waals surface area contributed by atoms with Crippen molar-refractivity contribution in [2.75, 3.05) is 6.54 Å². The standard InChI is InChI=1S/C18H37NO/c1-2-3-4-5-6-7-10-13-17(20)18(16-19)14-11-8-9-12-15-18/h17,20H,2-16,19H2,1H3. The van der Waals surface area contributed by atoms with Gasteiger partial charge in [0.1, 0.15) is 0 Å². The van der Waals surface area contributed by atoms with Crippen LogP contribution in [0.5, 0.6) is 0 Å². The first-order valence-corrected chi connectivity index (χ1v) is 9.13. The molecule has 0 radical (unpaired) electrons. The van der Waals surface area contributed by atoms with Crippen LogP contribution in [0.3, 0.4) is 0 Å². The van der Waals surface area contributed by atoms with Crippen LogP contribution in [-0.4, -0.2) is 17.8 Å². The van der Waals surface area contributed by atoms with Gasteiger partial charge in [0.15, 0.2) is 0 Å². The van der Waals surface area contributed by atoms with Crippen molar-refractivity contribution in [3.05, 3.63) is 0 Å². The molecule has 1 atom stereocenters. The second-order valence-corrected chi connectivity index (χ2v) is 6.91. The lowest BCUT2D eigenvalue weighted by molar-refractivity contribution is 0.0105. The van der Waals surface area contributed by atoms with Crippen LogP contribution in [0.2, 0.25) is 0 Å². The Morgan fingerprint density at radius 1 is 0.900 bits per heavy atom. The Balaban J connectivity index is 2.20.